The third kappa shape index (κ3) is 2.70. The summed E-state index contributed by atoms with van der Waals surface area (Å²) in [5.41, 5.74) is -3.01. The molecule has 0 aromatic rings. The standard InChI is InChI=1S/C2H2ClF3O/c3-1(4)2(5,6)7/h1,7H. The molecule has 0 aliphatic rings. The van der Waals surface area contributed by atoms with Crippen LogP contribution in [0.25, 0.3) is 0 Å². The number of hydrogen-bond donors (Lipinski definition) is 1. The molecule has 7 heavy (non-hydrogen) atoms. The molecule has 0 saturated heterocycles. The molecule has 1 N–H and O–H groups in total. The minimum atomic E-state index is -4.40. The average molecular weight is 134 g/mol. The number of rotatable bonds is 1. The van der Waals surface area contributed by atoms with Gasteiger partial charge in [-0.2, -0.15) is 8.78 Å². The molecule has 0 amide bonds. The van der Waals surface area contributed by atoms with E-state index in [9.17, 15) is 13.2 Å². The van der Waals surface area contributed by atoms with E-state index in [0.29, 0.717) is 0 Å². The molecule has 44 valence electrons. The monoisotopic (exact) mass is 134 g/mol. The molecule has 0 aromatic heterocycles. The van der Waals surface area contributed by atoms with Gasteiger partial charge in [-0.05, 0) is 0 Å². The molecule has 0 aliphatic heterocycles. The van der Waals surface area contributed by atoms with Crippen LogP contribution in [0.3, 0.4) is 0 Å². The van der Waals surface area contributed by atoms with Crippen molar-refractivity contribution >= 4 is 11.6 Å². The van der Waals surface area contributed by atoms with Gasteiger partial charge in [0.15, 0.2) is 0 Å². The van der Waals surface area contributed by atoms with Crippen LogP contribution in [0.1, 0.15) is 0 Å². The fourth-order valence-corrected chi connectivity index (χ4v) is 0. The normalized spacial score (nSPS) is 16.7. The molecule has 0 radical (unpaired) electrons. The van der Waals surface area contributed by atoms with Gasteiger partial charge in [0.2, 0.25) is 0 Å². The second kappa shape index (κ2) is 1.88. The molecule has 0 heterocycles. The van der Waals surface area contributed by atoms with Gasteiger partial charge in [-0.15, -0.1) is 0 Å². The summed E-state index contributed by atoms with van der Waals surface area (Å²) in [6.07, 6.45) is -4.40. The largest absolute Gasteiger partial charge is 0.398 e. The van der Waals surface area contributed by atoms with Crippen molar-refractivity contribution in [1.29, 1.82) is 0 Å². The molecule has 0 bridgehead atoms. The second-order valence-electron chi connectivity index (χ2n) is 0.888. The highest BCUT2D eigenvalue weighted by Crippen LogP contribution is 2.19. The van der Waals surface area contributed by atoms with Gasteiger partial charge in [0.1, 0.15) is 0 Å². The van der Waals surface area contributed by atoms with E-state index in [1.807, 2.05) is 0 Å². The predicted octanol–water partition coefficient (Wildman–Crippen LogP) is 1.11. The van der Waals surface area contributed by atoms with E-state index < -0.39 is 11.7 Å². The van der Waals surface area contributed by atoms with Gasteiger partial charge in [0.05, 0.1) is 0 Å². The fraction of sp³-hybridized carbons (Fsp3) is 1.00. The van der Waals surface area contributed by atoms with Crippen molar-refractivity contribution in [3.63, 3.8) is 0 Å². The van der Waals surface area contributed by atoms with E-state index in [2.05, 4.69) is 11.6 Å². The van der Waals surface area contributed by atoms with Crippen LogP contribution in [-0.4, -0.2) is 16.8 Å². The van der Waals surface area contributed by atoms with Crippen molar-refractivity contribution in [2.45, 2.75) is 11.7 Å². The summed E-state index contributed by atoms with van der Waals surface area (Å²) in [5, 5.41) is 7.25. The van der Waals surface area contributed by atoms with Gasteiger partial charge in [0, 0.05) is 0 Å². The first-order valence-corrected chi connectivity index (χ1v) is 1.76. The lowest BCUT2D eigenvalue weighted by Gasteiger charge is -2.05. The topological polar surface area (TPSA) is 20.2 Å². The molecule has 0 fully saturated rings. The van der Waals surface area contributed by atoms with Gasteiger partial charge in [-0.1, -0.05) is 11.6 Å². The van der Waals surface area contributed by atoms with Crippen molar-refractivity contribution in [2.75, 3.05) is 0 Å². The number of halogens is 4. The lowest BCUT2D eigenvalue weighted by molar-refractivity contribution is -0.220. The smallest absolute Gasteiger partial charge is 0.333 e. The van der Waals surface area contributed by atoms with E-state index >= 15 is 0 Å². The van der Waals surface area contributed by atoms with Gasteiger partial charge < -0.3 is 5.11 Å². The number of alkyl halides is 4. The molecule has 0 aromatic carbocycles. The first kappa shape index (κ1) is 7.04. The Bertz CT molecular complexity index is 58.4. The van der Waals surface area contributed by atoms with E-state index in [1.165, 1.54) is 0 Å². The molecule has 1 atom stereocenters. The molecular weight excluding hydrogens is 132 g/mol. The predicted molar refractivity (Wildman–Crippen MR) is 17.9 cm³/mol. The Kier molecular flexibility index (Phi) is 1.89. The average Bonchev–Trinajstić information content (AvgIpc) is 1.31. The van der Waals surface area contributed by atoms with E-state index in [4.69, 9.17) is 5.11 Å². The van der Waals surface area contributed by atoms with Gasteiger partial charge in [0.25, 0.3) is 5.63 Å². The summed E-state index contributed by atoms with van der Waals surface area (Å²) in [5.74, 6) is 0. The van der Waals surface area contributed by atoms with Crippen LogP contribution < -0.4 is 0 Å². The summed E-state index contributed by atoms with van der Waals surface area (Å²) < 4.78 is 32.8. The Hall–Kier alpha value is 0.0400. The maximum absolute atomic E-state index is 11.0. The molecule has 0 aliphatic carbocycles. The number of aliphatic hydroxyl groups is 1. The summed E-state index contributed by atoms with van der Waals surface area (Å²) in [4.78, 5) is 0. The van der Waals surface area contributed by atoms with Gasteiger partial charge >= 0.3 is 6.11 Å². The molecule has 0 spiro atoms. The molecule has 5 heteroatoms. The first-order chi connectivity index (χ1) is 2.94. The Morgan fingerprint density at radius 2 is 1.71 bits per heavy atom. The Balaban J connectivity index is 3.54. The van der Waals surface area contributed by atoms with Crippen LogP contribution in [0.15, 0.2) is 0 Å². The zero-order valence-electron chi connectivity index (χ0n) is 3.04. The third-order valence-electron chi connectivity index (χ3n) is 0.263. The van der Waals surface area contributed by atoms with Crippen molar-refractivity contribution in [3.05, 3.63) is 0 Å². The van der Waals surface area contributed by atoms with Crippen LogP contribution in [0, 0.1) is 0 Å². The maximum Gasteiger partial charge on any atom is 0.398 e. The van der Waals surface area contributed by atoms with E-state index in [0.717, 1.165) is 0 Å². The van der Waals surface area contributed by atoms with Crippen LogP contribution >= 0.6 is 11.6 Å². The highest BCUT2D eigenvalue weighted by Gasteiger charge is 2.35. The summed E-state index contributed by atoms with van der Waals surface area (Å²) in [7, 11) is 0. The summed E-state index contributed by atoms with van der Waals surface area (Å²) in [6, 6.07) is 0. The number of hydrogen-bond acceptors (Lipinski definition) is 1. The maximum atomic E-state index is 11.0. The second-order valence-corrected chi connectivity index (χ2v) is 1.27. The van der Waals surface area contributed by atoms with Crippen LogP contribution in [0.5, 0.6) is 0 Å². The Labute approximate surface area is 42.7 Å². The van der Waals surface area contributed by atoms with Crippen molar-refractivity contribution in [1.82, 2.24) is 0 Å². The minimum absolute atomic E-state index is 3.01. The molecular formula is C2H2ClF3O. The van der Waals surface area contributed by atoms with Crippen molar-refractivity contribution in [3.8, 4) is 0 Å². The third-order valence-corrected chi connectivity index (χ3v) is 0.525. The SMILES string of the molecule is OC(F)(F)C(F)Cl. The summed E-state index contributed by atoms with van der Waals surface area (Å²) >= 11 is 4.09. The fourth-order valence-electron chi connectivity index (χ4n) is 0. The zero-order chi connectivity index (χ0) is 6.08. The highest BCUT2D eigenvalue weighted by molar-refractivity contribution is 6.20. The molecule has 0 saturated carbocycles. The molecule has 0 rings (SSSR count). The Morgan fingerprint density at radius 3 is 1.71 bits per heavy atom. The zero-order valence-corrected chi connectivity index (χ0v) is 3.79. The van der Waals surface area contributed by atoms with Gasteiger partial charge in [-0.25, -0.2) is 4.39 Å². The first-order valence-electron chi connectivity index (χ1n) is 1.33. The molecule has 1 nitrogen and oxygen atoms in total. The minimum Gasteiger partial charge on any atom is -0.333 e. The van der Waals surface area contributed by atoms with Crippen molar-refractivity contribution in [2.24, 2.45) is 0 Å². The highest BCUT2D eigenvalue weighted by atomic mass is 35.5. The van der Waals surface area contributed by atoms with Gasteiger partial charge in [-0.3, -0.25) is 0 Å². The van der Waals surface area contributed by atoms with Crippen LogP contribution in [0.4, 0.5) is 13.2 Å². The lowest BCUT2D eigenvalue weighted by atomic mass is 10.7. The summed E-state index contributed by atoms with van der Waals surface area (Å²) in [6.45, 7) is 0. The van der Waals surface area contributed by atoms with Crippen LogP contribution in [-0.2, 0) is 0 Å². The van der Waals surface area contributed by atoms with Crippen LogP contribution in [0.2, 0.25) is 0 Å². The van der Waals surface area contributed by atoms with E-state index in [-0.39, 0.29) is 0 Å². The van der Waals surface area contributed by atoms with E-state index in [1.54, 1.807) is 0 Å². The quantitative estimate of drug-likeness (QED) is 0.533. The Morgan fingerprint density at radius 1 is 1.57 bits per heavy atom. The molecule has 1 unspecified atom stereocenters. The lowest BCUT2D eigenvalue weighted by Crippen LogP contribution is -2.23. The van der Waals surface area contributed by atoms with Crippen molar-refractivity contribution < 1.29 is 18.3 Å².